The Kier molecular flexibility index (Phi) is 4.29. The summed E-state index contributed by atoms with van der Waals surface area (Å²) in [6.07, 6.45) is 0. The molecule has 176 valence electrons. The van der Waals surface area contributed by atoms with Gasteiger partial charge in [-0.1, -0.05) is 121 Å². The first-order valence-corrected chi connectivity index (χ1v) is 14.7. The second kappa shape index (κ2) is 7.77. The molecule has 38 heavy (non-hydrogen) atoms. The molecular weight excluding hydrogens is 497 g/mol. The Balaban J connectivity index is 1.40. The van der Waals surface area contributed by atoms with Gasteiger partial charge in [0.25, 0.3) is 0 Å². The fourth-order valence-electron chi connectivity index (χ4n) is 6.53. The first-order valence-electron chi connectivity index (χ1n) is 12.9. The number of benzene rings is 7. The second-order valence-corrected chi connectivity index (χ2v) is 11.9. The topological polar surface area (TPSA) is 0 Å². The molecule has 0 aromatic heterocycles. The SMILES string of the molecule is C1=C(c2ccccc2)c2ccc3c4ccc5c6c(ccc(c7ccc(c2c73)S1)c64)SC=C5c1ccccc1. The Morgan fingerprint density at radius 3 is 1.16 bits per heavy atom. The maximum atomic E-state index is 2.37. The van der Waals surface area contributed by atoms with Crippen molar-refractivity contribution in [2.75, 3.05) is 0 Å². The summed E-state index contributed by atoms with van der Waals surface area (Å²) in [5, 5.41) is 15.6. The van der Waals surface area contributed by atoms with Crippen molar-refractivity contribution in [3.8, 4) is 0 Å². The van der Waals surface area contributed by atoms with E-state index >= 15 is 0 Å². The zero-order valence-electron chi connectivity index (χ0n) is 20.4. The monoisotopic (exact) mass is 516 g/mol. The zero-order chi connectivity index (χ0) is 24.8. The Labute approximate surface area is 229 Å². The van der Waals surface area contributed by atoms with E-state index in [-0.39, 0.29) is 0 Å². The summed E-state index contributed by atoms with van der Waals surface area (Å²) >= 11 is 3.71. The van der Waals surface area contributed by atoms with Gasteiger partial charge >= 0.3 is 0 Å². The first kappa shape index (κ1) is 21.0. The standard InChI is InChI=1S/C36H20S2/c1-3-7-21(8-4-1)29-19-37-31-17-15-25-26-16-18-32-36-28(30(20-38-32)22-9-5-2-6-10-22)14-12-24(34(26)36)23-11-13-27(29)35(31)33(23)25/h1-20H. The molecule has 0 N–H and O–H groups in total. The fraction of sp³-hybridized carbons (Fsp3) is 0. The van der Waals surface area contributed by atoms with E-state index in [1.807, 2.05) is 23.5 Å². The molecule has 0 spiro atoms. The van der Waals surface area contributed by atoms with E-state index in [2.05, 4.69) is 120 Å². The molecule has 0 nitrogen and oxygen atoms in total. The Morgan fingerprint density at radius 1 is 0.342 bits per heavy atom. The van der Waals surface area contributed by atoms with Gasteiger partial charge in [0.05, 0.1) is 0 Å². The summed E-state index contributed by atoms with van der Waals surface area (Å²) in [6, 6.07) is 40.4. The van der Waals surface area contributed by atoms with E-state index in [4.69, 9.17) is 0 Å². The number of thioether (sulfide) groups is 2. The molecule has 0 fully saturated rings. The minimum atomic E-state index is 1.28. The van der Waals surface area contributed by atoms with Gasteiger partial charge in [-0.15, -0.1) is 0 Å². The second-order valence-electron chi connectivity index (χ2n) is 10.1. The van der Waals surface area contributed by atoms with Crippen molar-refractivity contribution in [2.24, 2.45) is 0 Å². The highest BCUT2D eigenvalue weighted by Crippen LogP contribution is 2.52. The normalized spacial score (nSPS) is 14.4. The summed E-state index contributed by atoms with van der Waals surface area (Å²) in [6.45, 7) is 0. The van der Waals surface area contributed by atoms with Crippen molar-refractivity contribution in [2.45, 2.75) is 9.79 Å². The maximum absolute atomic E-state index is 2.37. The Hall–Kier alpha value is -3.98. The van der Waals surface area contributed by atoms with Crippen molar-refractivity contribution in [3.63, 3.8) is 0 Å². The van der Waals surface area contributed by atoms with Gasteiger partial charge in [-0.05, 0) is 88.7 Å². The summed E-state index contributed by atoms with van der Waals surface area (Å²) in [4.78, 5) is 2.69. The lowest BCUT2D eigenvalue weighted by atomic mass is 9.84. The van der Waals surface area contributed by atoms with Gasteiger partial charge in [0.2, 0.25) is 0 Å². The Morgan fingerprint density at radius 2 is 0.737 bits per heavy atom. The van der Waals surface area contributed by atoms with E-state index in [0.29, 0.717) is 0 Å². The zero-order valence-corrected chi connectivity index (χ0v) is 22.0. The summed E-state index contributed by atoms with van der Waals surface area (Å²) < 4.78 is 0. The summed E-state index contributed by atoms with van der Waals surface area (Å²) in [7, 11) is 0. The van der Waals surface area contributed by atoms with E-state index in [0.717, 1.165) is 0 Å². The van der Waals surface area contributed by atoms with Crippen LogP contribution in [0.25, 0.3) is 54.2 Å². The fourth-order valence-corrected chi connectivity index (χ4v) is 8.49. The number of fused-ring (bicyclic) bond motifs is 2. The lowest BCUT2D eigenvalue weighted by Crippen LogP contribution is -1.99. The molecule has 9 rings (SSSR count). The van der Waals surface area contributed by atoms with Crippen LogP contribution >= 0.6 is 23.5 Å². The van der Waals surface area contributed by atoms with Crippen molar-refractivity contribution >= 4 is 77.8 Å². The molecule has 0 unspecified atom stereocenters. The minimum absolute atomic E-state index is 1.28. The van der Waals surface area contributed by atoms with Crippen LogP contribution in [0.5, 0.6) is 0 Å². The first-order chi connectivity index (χ1) is 18.9. The lowest BCUT2D eigenvalue weighted by molar-refractivity contribution is 1.51. The summed E-state index contributed by atoms with van der Waals surface area (Å²) in [5.41, 5.74) is 7.86. The molecule has 0 bridgehead atoms. The van der Waals surface area contributed by atoms with Gasteiger partial charge in [0, 0.05) is 20.6 Å². The molecule has 0 aliphatic carbocycles. The van der Waals surface area contributed by atoms with Gasteiger partial charge < -0.3 is 0 Å². The number of hydrogen-bond acceptors (Lipinski definition) is 2. The van der Waals surface area contributed by atoms with Gasteiger partial charge in [0.15, 0.2) is 0 Å². The average molecular weight is 517 g/mol. The molecule has 0 saturated carbocycles. The van der Waals surface area contributed by atoms with Gasteiger partial charge in [-0.2, -0.15) is 0 Å². The third-order valence-electron chi connectivity index (χ3n) is 8.18. The minimum Gasteiger partial charge on any atom is -0.0967 e. The molecule has 0 radical (unpaired) electrons. The Bertz CT molecular complexity index is 1980. The molecule has 2 heteroatoms. The van der Waals surface area contributed by atoms with Gasteiger partial charge in [-0.3, -0.25) is 0 Å². The molecule has 7 aromatic rings. The predicted molar refractivity (Wildman–Crippen MR) is 166 cm³/mol. The van der Waals surface area contributed by atoms with Crippen LogP contribution in [-0.4, -0.2) is 0 Å². The highest BCUT2D eigenvalue weighted by atomic mass is 32.2. The van der Waals surface area contributed by atoms with Crippen LogP contribution in [0.1, 0.15) is 22.3 Å². The smallest absolute Gasteiger partial charge is 0.0201 e. The largest absolute Gasteiger partial charge is 0.0967 e. The highest BCUT2D eigenvalue weighted by molar-refractivity contribution is 8.02. The molecule has 2 aliphatic heterocycles. The van der Waals surface area contributed by atoms with Crippen LogP contribution in [0.2, 0.25) is 0 Å². The molecule has 0 amide bonds. The highest BCUT2D eigenvalue weighted by Gasteiger charge is 2.25. The molecule has 0 saturated heterocycles. The number of hydrogen-bond donors (Lipinski definition) is 0. The maximum Gasteiger partial charge on any atom is 0.0201 e. The van der Waals surface area contributed by atoms with Crippen LogP contribution in [0.4, 0.5) is 0 Å². The number of rotatable bonds is 2. The van der Waals surface area contributed by atoms with Crippen molar-refractivity contribution < 1.29 is 0 Å². The molecule has 2 aliphatic rings. The van der Waals surface area contributed by atoms with Crippen LogP contribution in [0.15, 0.2) is 130 Å². The molecular formula is C36H20S2. The molecule has 7 aromatic carbocycles. The van der Waals surface area contributed by atoms with Crippen LogP contribution in [0.3, 0.4) is 0 Å². The lowest BCUT2D eigenvalue weighted by Gasteiger charge is -2.25. The van der Waals surface area contributed by atoms with E-state index < -0.39 is 0 Å². The summed E-state index contributed by atoms with van der Waals surface area (Å²) in [5.74, 6) is 0. The third-order valence-corrected chi connectivity index (χ3v) is 10.1. The molecule has 0 atom stereocenters. The van der Waals surface area contributed by atoms with E-state index in [9.17, 15) is 0 Å². The van der Waals surface area contributed by atoms with Crippen molar-refractivity contribution in [3.05, 3.63) is 142 Å². The van der Waals surface area contributed by atoms with Crippen LogP contribution < -0.4 is 0 Å². The van der Waals surface area contributed by atoms with Gasteiger partial charge in [-0.25, -0.2) is 0 Å². The van der Waals surface area contributed by atoms with Crippen molar-refractivity contribution in [1.29, 1.82) is 0 Å². The van der Waals surface area contributed by atoms with Crippen LogP contribution in [0, 0.1) is 0 Å². The van der Waals surface area contributed by atoms with Gasteiger partial charge in [0.1, 0.15) is 0 Å². The quantitative estimate of drug-likeness (QED) is 0.166. The molecule has 2 heterocycles. The third kappa shape index (κ3) is 2.74. The van der Waals surface area contributed by atoms with Crippen molar-refractivity contribution in [1.82, 2.24) is 0 Å². The van der Waals surface area contributed by atoms with E-state index in [1.165, 1.54) is 86.3 Å². The van der Waals surface area contributed by atoms with E-state index in [1.54, 1.807) is 0 Å². The predicted octanol–water partition coefficient (Wildman–Crippen LogP) is 10.7. The van der Waals surface area contributed by atoms with Crippen LogP contribution in [-0.2, 0) is 0 Å². The average Bonchev–Trinajstić information content (AvgIpc) is 2.99.